The van der Waals surface area contributed by atoms with Crippen LogP contribution in [0.1, 0.15) is 83.4 Å². The van der Waals surface area contributed by atoms with Gasteiger partial charge in [0.2, 0.25) is 0 Å². The van der Waals surface area contributed by atoms with Crippen molar-refractivity contribution >= 4 is 11.6 Å². The summed E-state index contributed by atoms with van der Waals surface area (Å²) in [7, 11) is 0. The van der Waals surface area contributed by atoms with Gasteiger partial charge in [0.1, 0.15) is 0 Å². The van der Waals surface area contributed by atoms with Crippen molar-refractivity contribution in [1.82, 2.24) is 5.16 Å². The first kappa shape index (κ1) is 18.9. The monoisotopic (exact) mass is 351 g/mol. The molecule has 2 aromatic rings. The van der Waals surface area contributed by atoms with Crippen molar-refractivity contribution in [2.24, 2.45) is 11.8 Å². The molecule has 1 aromatic heterocycles. The van der Waals surface area contributed by atoms with Crippen LogP contribution in [0.25, 0.3) is 11.6 Å². The lowest BCUT2D eigenvalue weighted by Gasteiger charge is -2.32. The van der Waals surface area contributed by atoms with Crippen molar-refractivity contribution in [3.63, 3.8) is 0 Å². The Morgan fingerprint density at radius 1 is 1.15 bits per heavy atom. The highest BCUT2D eigenvalue weighted by molar-refractivity contribution is 5.83. The van der Waals surface area contributed by atoms with Crippen LogP contribution in [0, 0.1) is 11.8 Å². The van der Waals surface area contributed by atoms with Crippen LogP contribution in [-0.2, 0) is 17.3 Å². The van der Waals surface area contributed by atoms with Gasteiger partial charge in [-0.15, -0.1) is 0 Å². The lowest BCUT2D eigenvalue weighted by Crippen LogP contribution is -2.30. The molecule has 1 unspecified atom stereocenters. The zero-order valence-electron chi connectivity index (χ0n) is 17.6. The molecule has 1 aromatic carbocycles. The fourth-order valence-corrected chi connectivity index (χ4v) is 4.65. The van der Waals surface area contributed by atoms with Crippen molar-refractivity contribution in [1.29, 1.82) is 0 Å². The van der Waals surface area contributed by atoms with Crippen LogP contribution in [0.5, 0.6) is 0 Å². The Labute approximate surface area is 158 Å². The highest BCUT2D eigenvalue weighted by atomic mass is 16.5. The molecule has 0 saturated heterocycles. The Morgan fingerprint density at radius 2 is 1.77 bits per heavy atom. The predicted octanol–water partition coefficient (Wildman–Crippen LogP) is 6.64. The SMILES string of the molecule is CCc1cc2c(cc1C(=Cc1ccno1)C(C)C)C(C)(C)C(C)C2(C)C. The van der Waals surface area contributed by atoms with Gasteiger partial charge in [-0.2, -0.15) is 0 Å². The van der Waals surface area contributed by atoms with Gasteiger partial charge >= 0.3 is 0 Å². The van der Waals surface area contributed by atoms with Crippen molar-refractivity contribution in [2.75, 3.05) is 0 Å². The Balaban J connectivity index is 2.25. The number of hydrogen-bond donors (Lipinski definition) is 0. The molecule has 0 spiro atoms. The second kappa shape index (κ2) is 6.40. The number of aryl methyl sites for hydroxylation is 1. The molecule has 3 rings (SSSR count). The summed E-state index contributed by atoms with van der Waals surface area (Å²) in [6.45, 7) is 18.8. The van der Waals surface area contributed by atoms with E-state index in [1.54, 1.807) is 6.20 Å². The van der Waals surface area contributed by atoms with E-state index in [2.05, 4.69) is 78.8 Å². The fraction of sp³-hybridized carbons (Fsp3) is 0.542. The number of fused-ring (bicyclic) bond motifs is 1. The molecule has 0 amide bonds. The first-order valence-corrected chi connectivity index (χ1v) is 9.91. The van der Waals surface area contributed by atoms with E-state index < -0.39 is 0 Å². The summed E-state index contributed by atoms with van der Waals surface area (Å²) < 4.78 is 5.37. The molecule has 0 saturated carbocycles. The van der Waals surface area contributed by atoms with E-state index in [9.17, 15) is 0 Å². The molecule has 0 fully saturated rings. The van der Waals surface area contributed by atoms with Crippen molar-refractivity contribution in [3.05, 3.63) is 52.4 Å². The normalized spacial score (nSPS) is 21.3. The Morgan fingerprint density at radius 3 is 2.27 bits per heavy atom. The molecular weight excluding hydrogens is 318 g/mol. The molecular formula is C24H33NO. The average molecular weight is 352 g/mol. The summed E-state index contributed by atoms with van der Waals surface area (Å²) in [5, 5.41) is 3.86. The maximum Gasteiger partial charge on any atom is 0.159 e. The predicted molar refractivity (Wildman–Crippen MR) is 110 cm³/mol. The summed E-state index contributed by atoms with van der Waals surface area (Å²) in [6.07, 6.45) is 4.91. The van der Waals surface area contributed by atoms with E-state index in [4.69, 9.17) is 4.52 Å². The molecule has 2 nitrogen and oxygen atoms in total. The molecule has 2 heteroatoms. The standard InChI is InChI=1S/C24H33NO/c1-9-17-12-21-22(24(7,8)16(4)23(21,5)6)14-20(17)19(15(2)3)13-18-10-11-25-26-18/h10-16H,9H2,1-8H3. The van der Waals surface area contributed by atoms with Gasteiger partial charge in [0.15, 0.2) is 5.76 Å². The maximum atomic E-state index is 5.37. The van der Waals surface area contributed by atoms with Crippen LogP contribution in [-0.4, -0.2) is 5.16 Å². The van der Waals surface area contributed by atoms with Crippen LogP contribution in [0.4, 0.5) is 0 Å². The summed E-state index contributed by atoms with van der Waals surface area (Å²) in [4.78, 5) is 0. The molecule has 0 N–H and O–H groups in total. The zero-order chi connectivity index (χ0) is 19.3. The van der Waals surface area contributed by atoms with E-state index in [1.165, 1.54) is 27.8 Å². The second-order valence-electron chi connectivity index (χ2n) is 9.24. The van der Waals surface area contributed by atoms with Crippen molar-refractivity contribution < 1.29 is 4.52 Å². The highest BCUT2D eigenvalue weighted by Crippen LogP contribution is 2.54. The van der Waals surface area contributed by atoms with Crippen LogP contribution in [0.15, 0.2) is 28.9 Å². The smallest absolute Gasteiger partial charge is 0.159 e. The van der Waals surface area contributed by atoms with Gasteiger partial charge < -0.3 is 4.52 Å². The van der Waals surface area contributed by atoms with Crippen LogP contribution in [0.2, 0.25) is 0 Å². The number of hydrogen-bond acceptors (Lipinski definition) is 2. The number of allylic oxidation sites excluding steroid dienone is 1. The molecule has 1 heterocycles. The van der Waals surface area contributed by atoms with E-state index in [1.807, 2.05) is 6.07 Å². The lowest BCUT2D eigenvalue weighted by molar-refractivity contribution is 0.264. The molecule has 0 radical (unpaired) electrons. The topological polar surface area (TPSA) is 26.0 Å². The van der Waals surface area contributed by atoms with Crippen LogP contribution >= 0.6 is 0 Å². The van der Waals surface area contributed by atoms with E-state index in [0.29, 0.717) is 11.8 Å². The number of aromatic nitrogens is 1. The minimum absolute atomic E-state index is 0.175. The van der Waals surface area contributed by atoms with E-state index >= 15 is 0 Å². The van der Waals surface area contributed by atoms with E-state index in [-0.39, 0.29) is 10.8 Å². The molecule has 26 heavy (non-hydrogen) atoms. The van der Waals surface area contributed by atoms with Gasteiger partial charge in [-0.25, -0.2) is 0 Å². The third-order valence-electron chi connectivity index (χ3n) is 6.87. The summed E-state index contributed by atoms with van der Waals surface area (Å²) in [6, 6.07) is 6.88. The summed E-state index contributed by atoms with van der Waals surface area (Å²) >= 11 is 0. The maximum absolute atomic E-state index is 5.37. The number of rotatable bonds is 4. The Bertz CT molecular complexity index is 822. The van der Waals surface area contributed by atoms with Gasteiger partial charge in [0, 0.05) is 6.07 Å². The molecule has 0 bridgehead atoms. The third kappa shape index (κ3) is 2.84. The molecule has 1 aliphatic rings. The molecule has 0 aliphatic heterocycles. The largest absolute Gasteiger partial charge is 0.357 e. The van der Waals surface area contributed by atoms with E-state index in [0.717, 1.165) is 12.2 Å². The van der Waals surface area contributed by atoms with Crippen molar-refractivity contribution in [3.8, 4) is 0 Å². The van der Waals surface area contributed by atoms with Crippen molar-refractivity contribution in [2.45, 2.75) is 72.6 Å². The number of nitrogens with zero attached hydrogens (tertiary/aromatic N) is 1. The average Bonchev–Trinajstić information content (AvgIpc) is 3.14. The van der Waals surface area contributed by atoms with Gasteiger partial charge in [0.25, 0.3) is 0 Å². The van der Waals surface area contributed by atoms with Gasteiger partial charge in [-0.05, 0) is 63.0 Å². The van der Waals surface area contributed by atoms with Gasteiger partial charge in [0.05, 0.1) is 6.20 Å². The fourth-order valence-electron chi connectivity index (χ4n) is 4.65. The first-order chi connectivity index (χ1) is 12.1. The Kier molecular flexibility index (Phi) is 4.67. The minimum atomic E-state index is 0.175. The molecule has 1 atom stereocenters. The zero-order valence-corrected chi connectivity index (χ0v) is 17.6. The molecule has 140 valence electrons. The van der Waals surface area contributed by atoms with Gasteiger partial charge in [-0.3, -0.25) is 0 Å². The third-order valence-corrected chi connectivity index (χ3v) is 6.87. The summed E-state index contributed by atoms with van der Waals surface area (Å²) in [5.74, 6) is 1.84. The highest BCUT2D eigenvalue weighted by Gasteiger charge is 2.48. The Hall–Kier alpha value is -1.83. The van der Waals surface area contributed by atoms with Crippen LogP contribution < -0.4 is 0 Å². The van der Waals surface area contributed by atoms with Gasteiger partial charge in [-0.1, -0.05) is 72.7 Å². The second-order valence-corrected chi connectivity index (χ2v) is 9.24. The molecule has 1 aliphatic carbocycles. The minimum Gasteiger partial charge on any atom is -0.357 e. The van der Waals surface area contributed by atoms with Crippen LogP contribution in [0.3, 0.4) is 0 Å². The first-order valence-electron chi connectivity index (χ1n) is 9.91. The lowest BCUT2D eigenvalue weighted by atomic mass is 9.71. The number of benzene rings is 1. The quantitative estimate of drug-likeness (QED) is 0.617. The summed E-state index contributed by atoms with van der Waals surface area (Å²) in [5.41, 5.74) is 7.54.